The third kappa shape index (κ3) is 2.12. The van der Waals surface area contributed by atoms with Crippen LogP contribution in [0.25, 0.3) is 10.8 Å². The molecule has 0 bridgehead atoms. The van der Waals surface area contributed by atoms with Gasteiger partial charge in [0.15, 0.2) is 0 Å². The van der Waals surface area contributed by atoms with Crippen LogP contribution in [0.3, 0.4) is 0 Å². The van der Waals surface area contributed by atoms with Crippen molar-refractivity contribution in [3.8, 4) is 11.5 Å². The maximum atomic E-state index is 9.28. The topological polar surface area (TPSA) is 64.7 Å². The molecular formula is C14H17NO3. The first-order valence-corrected chi connectivity index (χ1v) is 5.72. The van der Waals surface area contributed by atoms with Crippen LogP contribution in [0, 0.1) is 0 Å². The lowest BCUT2D eigenvalue weighted by molar-refractivity contribution is 0.265. The number of hydrogen-bond acceptors (Lipinski definition) is 4. The van der Waals surface area contributed by atoms with E-state index in [0.717, 1.165) is 22.1 Å². The van der Waals surface area contributed by atoms with Gasteiger partial charge in [-0.05, 0) is 29.0 Å². The molecule has 2 aromatic carbocycles. The predicted octanol–water partition coefficient (Wildman–Crippen LogP) is 1.85. The molecule has 0 spiro atoms. The van der Waals surface area contributed by atoms with Crippen LogP contribution in [-0.2, 0) is 0 Å². The normalized spacial score (nSPS) is 12.4. The summed E-state index contributed by atoms with van der Waals surface area (Å²) in [6.07, 6.45) is 0. The fourth-order valence-corrected chi connectivity index (χ4v) is 2.08. The predicted molar refractivity (Wildman–Crippen MR) is 71.1 cm³/mol. The quantitative estimate of drug-likeness (QED) is 0.865. The molecule has 0 fully saturated rings. The Morgan fingerprint density at radius 3 is 2.50 bits per heavy atom. The average molecular weight is 247 g/mol. The van der Waals surface area contributed by atoms with Crippen molar-refractivity contribution in [2.75, 3.05) is 20.8 Å². The average Bonchev–Trinajstić information content (AvgIpc) is 2.44. The lowest BCUT2D eigenvalue weighted by Crippen LogP contribution is -2.16. The first-order chi connectivity index (χ1) is 8.71. The van der Waals surface area contributed by atoms with Crippen molar-refractivity contribution in [3.05, 3.63) is 35.9 Å². The summed E-state index contributed by atoms with van der Waals surface area (Å²) in [7, 11) is 3.21. The molecule has 0 saturated heterocycles. The molecule has 0 aromatic heterocycles. The van der Waals surface area contributed by atoms with Crippen LogP contribution in [0.4, 0.5) is 0 Å². The number of benzene rings is 2. The van der Waals surface area contributed by atoms with Crippen molar-refractivity contribution in [3.63, 3.8) is 0 Å². The molecule has 0 heterocycles. The van der Waals surface area contributed by atoms with Gasteiger partial charge in [-0.1, -0.05) is 12.1 Å². The number of aliphatic hydroxyl groups is 1. The Morgan fingerprint density at radius 1 is 1.17 bits per heavy atom. The summed E-state index contributed by atoms with van der Waals surface area (Å²) >= 11 is 0. The number of rotatable bonds is 4. The van der Waals surface area contributed by atoms with Crippen molar-refractivity contribution in [1.82, 2.24) is 0 Å². The van der Waals surface area contributed by atoms with Gasteiger partial charge in [0, 0.05) is 5.56 Å². The lowest BCUT2D eigenvalue weighted by atomic mass is 9.98. The van der Waals surface area contributed by atoms with Gasteiger partial charge in [0.1, 0.15) is 11.5 Å². The molecule has 0 amide bonds. The summed E-state index contributed by atoms with van der Waals surface area (Å²) in [6.45, 7) is -0.132. The Bertz CT molecular complexity index is 549. The zero-order valence-electron chi connectivity index (χ0n) is 10.5. The molecule has 0 aliphatic carbocycles. The number of hydrogen-bond donors (Lipinski definition) is 2. The fraction of sp³-hybridized carbons (Fsp3) is 0.286. The largest absolute Gasteiger partial charge is 0.497 e. The maximum Gasteiger partial charge on any atom is 0.124 e. The molecule has 0 radical (unpaired) electrons. The molecule has 2 rings (SSSR count). The molecule has 4 heteroatoms. The first kappa shape index (κ1) is 12.7. The van der Waals surface area contributed by atoms with Gasteiger partial charge in [-0.15, -0.1) is 0 Å². The van der Waals surface area contributed by atoms with Gasteiger partial charge < -0.3 is 20.3 Å². The van der Waals surface area contributed by atoms with Gasteiger partial charge in [-0.25, -0.2) is 0 Å². The highest BCUT2D eigenvalue weighted by Crippen LogP contribution is 2.34. The minimum Gasteiger partial charge on any atom is -0.497 e. The van der Waals surface area contributed by atoms with E-state index in [2.05, 4.69) is 0 Å². The minimum atomic E-state index is -0.476. The maximum absolute atomic E-state index is 9.28. The molecule has 0 aliphatic rings. The highest BCUT2D eigenvalue weighted by Gasteiger charge is 2.15. The zero-order valence-corrected chi connectivity index (χ0v) is 10.5. The number of fused-ring (bicyclic) bond motifs is 1. The van der Waals surface area contributed by atoms with E-state index < -0.39 is 6.04 Å². The summed E-state index contributed by atoms with van der Waals surface area (Å²) in [5.41, 5.74) is 6.76. The molecule has 4 nitrogen and oxygen atoms in total. The van der Waals surface area contributed by atoms with Crippen molar-refractivity contribution >= 4 is 10.8 Å². The summed E-state index contributed by atoms with van der Waals surface area (Å²) in [4.78, 5) is 0. The van der Waals surface area contributed by atoms with E-state index in [1.165, 1.54) is 0 Å². The van der Waals surface area contributed by atoms with Crippen LogP contribution in [0.15, 0.2) is 30.3 Å². The van der Waals surface area contributed by atoms with E-state index in [9.17, 15) is 5.11 Å². The van der Waals surface area contributed by atoms with E-state index in [4.69, 9.17) is 15.2 Å². The Kier molecular flexibility index (Phi) is 3.69. The Balaban J connectivity index is 2.73. The molecule has 1 atom stereocenters. The Labute approximate surface area is 106 Å². The summed E-state index contributed by atoms with van der Waals surface area (Å²) in [6, 6.07) is 9.10. The van der Waals surface area contributed by atoms with Crippen LogP contribution in [0.5, 0.6) is 11.5 Å². The summed E-state index contributed by atoms with van der Waals surface area (Å²) in [5, 5.41) is 11.3. The number of ether oxygens (including phenoxy) is 2. The molecule has 0 saturated carbocycles. The monoisotopic (exact) mass is 247 g/mol. The Hall–Kier alpha value is -1.78. The van der Waals surface area contributed by atoms with E-state index in [0.29, 0.717) is 5.75 Å². The number of methoxy groups -OCH3 is 2. The number of nitrogens with two attached hydrogens (primary N) is 1. The lowest BCUT2D eigenvalue weighted by Gasteiger charge is -2.17. The van der Waals surface area contributed by atoms with Crippen molar-refractivity contribution < 1.29 is 14.6 Å². The fourth-order valence-electron chi connectivity index (χ4n) is 2.08. The molecule has 0 aliphatic heterocycles. The highest BCUT2D eigenvalue weighted by molar-refractivity contribution is 5.89. The van der Waals surface area contributed by atoms with E-state index in [1.54, 1.807) is 14.2 Å². The minimum absolute atomic E-state index is 0.132. The van der Waals surface area contributed by atoms with Crippen LogP contribution in [-0.4, -0.2) is 25.9 Å². The third-order valence-corrected chi connectivity index (χ3v) is 3.02. The highest BCUT2D eigenvalue weighted by atomic mass is 16.5. The first-order valence-electron chi connectivity index (χ1n) is 5.72. The van der Waals surface area contributed by atoms with Crippen LogP contribution in [0.1, 0.15) is 11.6 Å². The summed E-state index contributed by atoms with van der Waals surface area (Å²) in [5.74, 6) is 1.43. The van der Waals surface area contributed by atoms with Crippen molar-refractivity contribution in [1.29, 1.82) is 0 Å². The van der Waals surface area contributed by atoms with Crippen LogP contribution < -0.4 is 15.2 Å². The van der Waals surface area contributed by atoms with Gasteiger partial charge in [-0.2, -0.15) is 0 Å². The van der Waals surface area contributed by atoms with E-state index >= 15 is 0 Å². The van der Waals surface area contributed by atoms with Crippen LogP contribution >= 0.6 is 0 Å². The van der Waals surface area contributed by atoms with Gasteiger partial charge in [0.05, 0.1) is 26.9 Å². The van der Waals surface area contributed by atoms with Gasteiger partial charge in [-0.3, -0.25) is 0 Å². The van der Waals surface area contributed by atoms with Gasteiger partial charge in [0.2, 0.25) is 0 Å². The van der Waals surface area contributed by atoms with E-state index in [1.807, 2.05) is 30.3 Å². The second-order valence-corrected chi connectivity index (χ2v) is 4.06. The Morgan fingerprint density at radius 2 is 1.89 bits per heavy atom. The van der Waals surface area contributed by atoms with Crippen molar-refractivity contribution in [2.24, 2.45) is 5.73 Å². The van der Waals surface area contributed by atoms with Crippen molar-refractivity contribution in [2.45, 2.75) is 6.04 Å². The number of aliphatic hydroxyl groups excluding tert-OH is 1. The third-order valence-electron chi connectivity index (χ3n) is 3.02. The molecule has 1 unspecified atom stereocenters. The zero-order chi connectivity index (χ0) is 13.1. The second-order valence-electron chi connectivity index (χ2n) is 4.06. The molecule has 3 N–H and O–H groups in total. The smallest absolute Gasteiger partial charge is 0.124 e. The SMILES string of the molecule is COc1ccc2ccc(OC)c(C(N)CO)c2c1. The molecule has 96 valence electrons. The molecule has 18 heavy (non-hydrogen) atoms. The van der Waals surface area contributed by atoms with Gasteiger partial charge >= 0.3 is 0 Å². The van der Waals surface area contributed by atoms with Gasteiger partial charge in [0.25, 0.3) is 0 Å². The summed E-state index contributed by atoms with van der Waals surface area (Å²) < 4.78 is 10.5. The molecular weight excluding hydrogens is 230 g/mol. The van der Waals surface area contributed by atoms with E-state index in [-0.39, 0.29) is 6.61 Å². The van der Waals surface area contributed by atoms with Crippen LogP contribution in [0.2, 0.25) is 0 Å². The standard InChI is InChI=1S/C14H17NO3/c1-17-10-5-3-9-4-6-13(18-2)14(11(9)7-10)12(15)8-16/h3-7,12,16H,8,15H2,1-2H3. The second kappa shape index (κ2) is 5.25. The molecule has 2 aromatic rings.